The van der Waals surface area contributed by atoms with Crippen molar-refractivity contribution in [1.82, 2.24) is 20.2 Å². The Morgan fingerprint density at radius 2 is 1.76 bits per heavy atom. The van der Waals surface area contributed by atoms with E-state index in [1.165, 1.54) is 30.1 Å². The Balaban J connectivity index is 1.51. The molecule has 0 aliphatic heterocycles. The van der Waals surface area contributed by atoms with Gasteiger partial charge in [0.05, 0.1) is 12.0 Å². The molecule has 0 saturated heterocycles. The number of aryl methyl sites for hydroxylation is 1. The topological polar surface area (TPSA) is 72.2 Å². The zero-order chi connectivity index (χ0) is 23.2. The van der Waals surface area contributed by atoms with Crippen molar-refractivity contribution in [2.75, 3.05) is 5.75 Å². The number of nitrogens with zero attached hydrogens (tertiary/aromatic N) is 4. The second kappa shape index (κ2) is 10.4. The summed E-state index contributed by atoms with van der Waals surface area (Å²) in [6.45, 7) is 2.02. The molecule has 0 aliphatic carbocycles. The fourth-order valence-corrected chi connectivity index (χ4v) is 3.84. The van der Waals surface area contributed by atoms with Crippen LogP contribution in [0.2, 0.25) is 5.02 Å². The van der Waals surface area contributed by atoms with Gasteiger partial charge in [0.15, 0.2) is 11.0 Å². The van der Waals surface area contributed by atoms with E-state index in [9.17, 15) is 9.18 Å². The molecule has 4 aromatic rings. The van der Waals surface area contributed by atoms with Crippen LogP contribution in [0.3, 0.4) is 0 Å². The van der Waals surface area contributed by atoms with Crippen molar-refractivity contribution in [3.05, 3.63) is 94.8 Å². The Bertz CT molecular complexity index is 1270. The third kappa shape index (κ3) is 5.85. The van der Waals surface area contributed by atoms with Crippen LogP contribution in [-0.2, 0) is 4.79 Å². The van der Waals surface area contributed by atoms with E-state index in [0.717, 1.165) is 16.8 Å². The minimum Gasteiger partial charge on any atom is -0.272 e. The number of benzene rings is 3. The average Bonchev–Trinajstić information content (AvgIpc) is 3.24. The Morgan fingerprint density at radius 3 is 2.45 bits per heavy atom. The summed E-state index contributed by atoms with van der Waals surface area (Å²) in [7, 11) is 0. The number of rotatable bonds is 7. The van der Waals surface area contributed by atoms with Gasteiger partial charge in [0.1, 0.15) is 5.82 Å². The second-order valence-corrected chi connectivity index (χ2v) is 8.50. The van der Waals surface area contributed by atoms with Gasteiger partial charge in [0.25, 0.3) is 5.91 Å². The summed E-state index contributed by atoms with van der Waals surface area (Å²) >= 11 is 7.28. The first-order chi connectivity index (χ1) is 16.0. The highest BCUT2D eigenvalue weighted by atomic mass is 35.5. The molecule has 1 aromatic heterocycles. The molecular formula is C24H19ClFN5OS. The van der Waals surface area contributed by atoms with E-state index < -0.39 is 0 Å². The predicted octanol–water partition coefficient (Wildman–Crippen LogP) is 5.28. The summed E-state index contributed by atoms with van der Waals surface area (Å²) in [5, 5.41) is 13.8. The van der Waals surface area contributed by atoms with Gasteiger partial charge in [-0.1, -0.05) is 53.2 Å². The van der Waals surface area contributed by atoms with E-state index in [-0.39, 0.29) is 17.5 Å². The Labute approximate surface area is 199 Å². The quantitative estimate of drug-likeness (QED) is 0.222. The highest BCUT2D eigenvalue weighted by molar-refractivity contribution is 7.99. The van der Waals surface area contributed by atoms with Crippen LogP contribution >= 0.6 is 23.4 Å². The first-order valence-electron chi connectivity index (χ1n) is 9.98. The summed E-state index contributed by atoms with van der Waals surface area (Å²) < 4.78 is 14.9. The van der Waals surface area contributed by atoms with Gasteiger partial charge >= 0.3 is 0 Å². The number of hydrazone groups is 1. The Morgan fingerprint density at radius 1 is 1.06 bits per heavy atom. The molecule has 0 radical (unpaired) electrons. The highest BCUT2D eigenvalue weighted by Crippen LogP contribution is 2.28. The standard InChI is InChI=1S/C24H19ClFN5OS/c1-16-2-12-21(13-3-16)31-23(18-6-8-19(25)9-7-18)29-30-24(31)33-15-22(32)28-27-14-17-4-10-20(26)11-5-17/h2-14H,15H2,1H3,(H,28,32)/b27-14-. The summed E-state index contributed by atoms with van der Waals surface area (Å²) in [5.74, 6) is 0.103. The van der Waals surface area contributed by atoms with Crippen LogP contribution in [0.15, 0.2) is 83.1 Å². The van der Waals surface area contributed by atoms with Crippen molar-refractivity contribution in [3.63, 3.8) is 0 Å². The molecule has 0 fully saturated rings. The molecule has 6 nitrogen and oxygen atoms in total. The van der Waals surface area contributed by atoms with Crippen LogP contribution in [0, 0.1) is 12.7 Å². The molecule has 1 heterocycles. The lowest BCUT2D eigenvalue weighted by Gasteiger charge is -2.10. The number of carbonyl (C=O) groups is 1. The highest BCUT2D eigenvalue weighted by Gasteiger charge is 2.17. The lowest BCUT2D eigenvalue weighted by molar-refractivity contribution is -0.118. The minimum atomic E-state index is -0.330. The van der Waals surface area contributed by atoms with Crippen molar-refractivity contribution in [2.45, 2.75) is 12.1 Å². The van der Waals surface area contributed by atoms with Gasteiger partial charge in [-0.2, -0.15) is 5.10 Å². The molecule has 1 N–H and O–H groups in total. The summed E-state index contributed by atoms with van der Waals surface area (Å²) in [6.07, 6.45) is 1.45. The molecule has 9 heteroatoms. The maximum atomic E-state index is 13.0. The van der Waals surface area contributed by atoms with Crippen molar-refractivity contribution < 1.29 is 9.18 Å². The van der Waals surface area contributed by atoms with E-state index in [1.807, 2.05) is 47.9 Å². The van der Waals surface area contributed by atoms with E-state index in [0.29, 0.717) is 21.6 Å². The molecule has 1 amide bonds. The van der Waals surface area contributed by atoms with Gasteiger partial charge < -0.3 is 0 Å². The number of hydrogen-bond donors (Lipinski definition) is 1. The molecule has 0 bridgehead atoms. The maximum absolute atomic E-state index is 13.0. The number of thioether (sulfide) groups is 1. The van der Waals surface area contributed by atoms with Gasteiger partial charge in [-0.3, -0.25) is 9.36 Å². The van der Waals surface area contributed by atoms with E-state index in [2.05, 4.69) is 20.7 Å². The van der Waals surface area contributed by atoms with Crippen LogP contribution in [0.5, 0.6) is 0 Å². The van der Waals surface area contributed by atoms with Crippen LogP contribution in [0.25, 0.3) is 17.1 Å². The monoisotopic (exact) mass is 479 g/mol. The van der Waals surface area contributed by atoms with Gasteiger partial charge in [0.2, 0.25) is 0 Å². The van der Waals surface area contributed by atoms with Gasteiger partial charge in [-0.15, -0.1) is 10.2 Å². The summed E-state index contributed by atoms with van der Waals surface area (Å²) in [4.78, 5) is 12.3. The Hall–Kier alpha value is -3.49. The first-order valence-corrected chi connectivity index (χ1v) is 11.3. The van der Waals surface area contributed by atoms with Crippen molar-refractivity contribution in [3.8, 4) is 17.1 Å². The molecule has 0 spiro atoms. The van der Waals surface area contributed by atoms with Gasteiger partial charge in [0, 0.05) is 16.3 Å². The lowest BCUT2D eigenvalue weighted by Crippen LogP contribution is -2.20. The molecule has 0 saturated carbocycles. The third-order valence-electron chi connectivity index (χ3n) is 4.63. The van der Waals surface area contributed by atoms with Gasteiger partial charge in [-0.25, -0.2) is 9.82 Å². The average molecular weight is 480 g/mol. The van der Waals surface area contributed by atoms with Crippen LogP contribution in [-0.4, -0.2) is 32.6 Å². The molecule has 0 atom stereocenters. The smallest absolute Gasteiger partial charge is 0.250 e. The normalized spacial score (nSPS) is 11.1. The number of nitrogens with one attached hydrogen (secondary N) is 1. The number of aromatic nitrogens is 3. The first kappa shape index (κ1) is 22.7. The van der Waals surface area contributed by atoms with E-state index >= 15 is 0 Å². The number of amides is 1. The zero-order valence-corrected chi connectivity index (χ0v) is 19.1. The van der Waals surface area contributed by atoms with Crippen molar-refractivity contribution in [2.24, 2.45) is 5.10 Å². The van der Waals surface area contributed by atoms with Crippen LogP contribution < -0.4 is 5.43 Å². The number of halogens is 2. The molecular weight excluding hydrogens is 461 g/mol. The predicted molar refractivity (Wildman–Crippen MR) is 129 cm³/mol. The summed E-state index contributed by atoms with van der Waals surface area (Å²) in [5.41, 5.74) is 6.02. The van der Waals surface area contributed by atoms with Crippen molar-refractivity contribution in [1.29, 1.82) is 0 Å². The maximum Gasteiger partial charge on any atom is 0.250 e. The molecule has 166 valence electrons. The van der Waals surface area contributed by atoms with Crippen LogP contribution in [0.1, 0.15) is 11.1 Å². The number of carbonyl (C=O) groups excluding carboxylic acids is 1. The van der Waals surface area contributed by atoms with Crippen LogP contribution in [0.4, 0.5) is 4.39 Å². The largest absolute Gasteiger partial charge is 0.272 e. The Kier molecular flexibility index (Phi) is 7.16. The minimum absolute atomic E-state index is 0.0887. The molecule has 33 heavy (non-hydrogen) atoms. The van der Waals surface area contributed by atoms with Crippen molar-refractivity contribution >= 4 is 35.5 Å². The zero-order valence-electron chi connectivity index (χ0n) is 17.6. The fourth-order valence-electron chi connectivity index (χ4n) is 2.97. The van der Waals surface area contributed by atoms with Gasteiger partial charge in [-0.05, 0) is 61.0 Å². The van der Waals surface area contributed by atoms with E-state index in [4.69, 9.17) is 11.6 Å². The lowest BCUT2D eigenvalue weighted by atomic mass is 10.2. The third-order valence-corrected chi connectivity index (χ3v) is 5.81. The number of hydrogen-bond acceptors (Lipinski definition) is 5. The fraction of sp³-hybridized carbons (Fsp3) is 0.0833. The second-order valence-electron chi connectivity index (χ2n) is 7.12. The molecule has 0 aliphatic rings. The van der Waals surface area contributed by atoms with E-state index in [1.54, 1.807) is 24.3 Å². The molecule has 4 rings (SSSR count). The summed E-state index contributed by atoms with van der Waals surface area (Å²) in [6, 6.07) is 21.1. The molecule has 0 unspecified atom stereocenters. The molecule has 3 aromatic carbocycles. The SMILES string of the molecule is Cc1ccc(-n2c(SCC(=O)N/N=C\c3ccc(F)cc3)nnc2-c2ccc(Cl)cc2)cc1.